The second-order valence-electron chi connectivity index (χ2n) is 7.86. The topological polar surface area (TPSA) is 23.5 Å². The van der Waals surface area contributed by atoms with Crippen LogP contribution in [-0.4, -0.2) is 22.1 Å². The minimum absolute atomic E-state index is 0.495. The van der Waals surface area contributed by atoms with Gasteiger partial charge in [-0.15, -0.1) is 0 Å². The predicted octanol–water partition coefficient (Wildman–Crippen LogP) is 4.32. The molecule has 1 N–H and O–H groups in total. The fraction of sp³-hybridized carbons (Fsp3) is 0.455. The number of piperidine rings is 1. The van der Waals surface area contributed by atoms with E-state index in [2.05, 4.69) is 67.3 Å². The molecule has 2 nitrogen and oxygen atoms in total. The average Bonchev–Trinajstić information content (AvgIpc) is 2.79. The molecular weight excluding hydrogens is 294 g/mol. The molecule has 126 valence electrons. The second kappa shape index (κ2) is 6.02. The van der Waals surface area contributed by atoms with Crippen molar-refractivity contribution in [2.45, 2.75) is 63.8 Å². The highest BCUT2D eigenvalue weighted by molar-refractivity contribution is 5.34. The number of aryl methyl sites for hydroxylation is 2. The summed E-state index contributed by atoms with van der Waals surface area (Å²) in [6.45, 7) is 5.26. The molecule has 2 fully saturated rings. The lowest BCUT2D eigenvalue weighted by Gasteiger charge is -2.44. The second-order valence-corrected chi connectivity index (χ2v) is 7.86. The molecule has 2 bridgehead atoms. The van der Waals surface area contributed by atoms with E-state index in [1.54, 1.807) is 0 Å². The summed E-state index contributed by atoms with van der Waals surface area (Å²) in [5, 5.41) is 11.4. The van der Waals surface area contributed by atoms with E-state index in [-0.39, 0.29) is 0 Å². The van der Waals surface area contributed by atoms with Gasteiger partial charge in [0.25, 0.3) is 0 Å². The van der Waals surface area contributed by atoms with Gasteiger partial charge in [0, 0.05) is 18.6 Å². The van der Waals surface area contributed by atoms with Gasteiger partial charge in [-0.2, -0.15) is 0 Å². The molecule has 2 heteroatoms. The zero-order chi connectivity index (χ0) is 16.7. The first-order valence-corrected chi connectivity index (χ1v) is 9.14. The summed E-state index contributed by atoms with van der Waals surface area (Å²) in [7, 11) is 0. The molecule has 4 rings (SSSR count). The van der Waals surface area contributed by atoms with Gasteiger partial charge < -0.3 is 5.11 Å². The average molecular weight is 321 g/mol. The number of aliphatic hydroxyl groups is 1. The van der Waals surface area contributed by atoms with E-state index >= 15 is 0 Å². The van der Waals surface area contributed by atoms with Crippen LogP contribution in [0.1, 0.15) is 47.9 Å². The van der Waals surface area contributed by atoms with Crippen LogP contribution in [-0.2, 0) is 12.1 Å². The molecule has 24 heavy (non-hydrogen) atoms. The van der Waals surface area contributed by atoms with Gasteiger partial charge in [-0.05, 0) is 50.7 Å². The summed E-state index contributed by atoms with van der Waals surface area (Å²) >= 11 is 0. The Balaban J connectivity index is 1.57. The van der Waals surface area contributed by atoms with Crippen LogP contribution in [0.3, 0.4) is 0 Å². The summed E-state index contributed by atoms with van der Waals surface area (Å²) in [5.74, 6) is 0. The zero-order valence-electron chi connectivity index (χ0n) is 14.7. The highest BCUT2D eigenvalue weighted by Gasteiger charge is 2.48. The highest BCUT2D eigenvalue weighted by Crippen LogP contribution is 2.46. The van der Waals surface area contributed by atoms with E-state index in [1.807, 2.05) is 0 Å². The van der Waals surface area contributed by atoms with Crippen LogP contribution in [0, 0.1) is 13.8 Å². The maximum atomic E-state index is 11.4. The van der Waals surface area contributed by atoms with Crippen molar-refractivity contribution in [3.63, 3.8) is 0 Å². The van der Waals surface area contributed by atoms with Crippen molar-refractivity contribution >= 4 is 0 Å². The van der Waals surface area contributed by atoms with E-state index in [4.69, 9.17) is 0 Å². The van der Waals surface area contributed by atoms with Crippen LogP contribution in [0.2, 0.25) is 0 Å². The van der Waals surface area contributed by atoms with Gasteiger partial charge >= 0.3 is 0 Å². The number of hydrogen-bond acceptors (Lipinski definition) is 2. The van der Waals surface area contributed by atoms with Crippen LogP contribution >= 0.6 is 0 Å². The van der Waals surface area contributed by atoms with Crippen molar-refractivity contribution < 1.29 is 5.11 Å². The molecule has 0 aromatic heterocycles. The van der Waals surface area contributed by atoms with Gasteiger partial charge in [-0.3, -0.25) is 4.90 Å². The molecule has 2 aromatic carbocycles. The molecule has 2 atom stereocenters. The Bertz CT molecular complexity index is 690. The molecule has 0 radical (unpaired) electrons. The maximum Gasteiger partial charge on any atom is 0.0926 e. The fourth-order valence-corrected chi connectivity index (χ4v) is 4.85. The fourth-order valence-electron chi connectivity index (χ4n) is 4.85. The Morgan fingerprint density at radius 2 is 1.54 bits per heavy atom. The predicted molar refractivity (Wildman–Crippen MR) is 97.8 cm³/mol. The Kier molecular flexibility index (Phi) is 3.98. The number of nitrogens with zero attached hydrogens (tertiary/aromatic N) is 1. The minimum Gasteiger partial charge on any atom is -0.385 e. The molecule has 0 amide bonds. The molecule has 2 aromatic rings. The van der Waals surface area contributed by atoms with Crippen LogP contribution in [0.15, 0.2) is 48.5 Å². The van der Waals surface area contributed by atoms with Crippen LogP contribution in [0.4, 0.5) is 0 Å². The third-order valence-corrected chi connectivity index (χ3v) is 5.88. The summed E-state index contributed by atoms with van der Waals surface area (Å²) in [6.07, 6.45) is 4.15. The normalized spacial score (nSPS) is 29.8. The Morgan fingerprint density at radius 1 is 0.958 bits per heavy atom. The zero-order valence-corrected chi connectivity index (χ0v) is 14.7. The van der Waals surface area contributed by atoms with Crippen molar-refractivity contribution in [2.75, 3.05) is 0 Å². The third-order valence-electron chi connectivity index (χ3n) is 5.88. The number of fused-ring (bicyclic) bond motifs is 2. The smallest absolute Gasteiger partial charge is 0.0926 e. The molecular formula is C22H27NO. The largest absolute Gasteiger partial charge is 0.385 e. The standard InChI is InChI=1S/C22H27NO/c1-16-10-17(2)12-19(11-16)22(24)13-20-8-9-21(14-22)23(20)15-18-6-4-3-5-7-18/h3-7,10-12,20-21,24H,8-9,13-15H2,1-2H3. The van der Waals surface area contributed by atoms with E-state index < -0.39 is 5.60 Å². The molecule has 0 aliphatic carbocycles. The molecule has 2 aliphatic rings. The SMILES string of the molecule is Cc1cc(C)cc(C2(O)CC3CCC(C2)N3Cc2ccccc2)c1. The van der Waals surface area contributed by atoms with Crippen LogP contribution in [0.5, 0.6) is 0 Å². The third kappa shape index (κ3) is 2.89. The maximum absolute atomic E-state index is 11.4. The minimum atomic E-state index is -0.657. The van der Waals surface area contributed by atoms with Crippen LogP contribution in [0.25, 0.3) is 0 Å². The Labute approximate surface area is 145 Å². The highest BCUT2D eigenvalue weighted by atomic mass is 16.3. The van der Waals surface area contributed by atoms with Gasteiger partial charge in [0.1, 0.15) is 0 Å². The lowest BCUT2D eigenvalue weighted by Crippen LogP contribution is -2.49. The molecule has 0 saturated carbocycles. The van der Waals surface area contributed by atoms with Crippen LogP contribution < -0.4 is 0 Å². The monoisotopic (exact) mass is 321 g/mol. The molecule has 2 heterocycles. The first kappa shape index (κ1) is 15.9. The molecule has 2 saturated heterocycles. The lowest BCUT2D eigenvalue weighted by molar-refractivity contribution is -0.0595. The van der Waals surface area contributed by atoms with Crippen molar-refractivity contribution in [1.29, 1.82) is 0 Å². The van der Waals surface area contributed by atoms with E-state index in [1.165, 1.54) is 29.5 Å². The molecule has 0 spiro atoms. The van der Waals surface area contributed by atoms with Crippen molar-refractivity contribution in [3.8, 4) is 0 Å². The Morgan fingerprint density at radius 3 is 2.12 bits per heavy atom. The number of benzene rings is 2. The quantitative estimate of drug-likeness (QED) is 0.910. The summed E-state index contributed by atoms with van der Waals surface area (Å²) in [4.78, 5) is 2.63. The van der Waals surface area contributed by atoms with Gasteiger partial charge in [0.05, 0.1) is 5.60 Å². The van der Waals surface area contributed by atoms with Crippen molar-refractivity contribution in [1.82, 2.24) is 4.90 Å². The van der Waals surface area contributed by atoms with E-state index in [0.29, 0.717) is 12.1 Å². The first-order chi connectivity index (χ1) is 11.5. The number of hydrogen-bond donors (Lipinski definition) is 1. The number of rotatable bonds is 3. The van der Waals surface area contributed by atoms with E-state index in [0.717, 1.165) is 24.9 Å². The first-order valence-electron chi connectivity index (χ1n) is 9.14. The van der Waals surface area contributed by atoms with Crippen molar-refractivity contribution in [3.05, 3.63) is 70.8 Å². The molecule has 2 aliphatic heterocycles. The van der Waals surface area contributed by atoms with Crippen molar-refractivity contribution in [2.24, 2.45) is 0 Å². The Hall–Kier alpha value is -1.64. The van der Waals surface area contributed by atoms with E-state index in [9.17, 15) is 5.11 Å². The molecule has 2 unspecified atom stereocenters. The van der Waals surface area contributed by atoms with Gasteiger partial charge in [0.2, 0.25) is 0 Å². The summed E-state index contributed by atoms with van der Waals surface area (Å²) in [6, 6.07) is 18.3. The van der Waals surface area contributed by atoms with Gasteiger partial charge in [0.15, 0.2) is 0 Å². The van der Waals surface area contributed by atoms with Gasteiger partial charge in [-0.1, -0.05) is 59.7 Å². The summed E-state index contributed by atoms with van der Waals surface area (Å²) in [5.41, 5.74) is 4.34. The van der Waals surface area contributed by atoms with Gasteiger partial charge in [-0.25, -0.2) is 0 Å². The lowest BCUT2D eigenvalue weighted by atomic mass is 9.79. The summed E-state index contributed by atoms with van der Waals surface area (Å²) < 4.78 is 0.